The van der Waals surface area contributed by atoms with Crippen LogP contribution in [0.25, 0.3) is 0 Å². The van der Waals surface area contributed by atoms with Gasteiger partial charge in [0, 0.05) is 6.04 Å². The lowest BCUT2D eigenvalue weighted by Crippen LogP contribution is -2.22. The third-order valence-corrected chi connectivity index (χ3v) is 3.87. The van der Waals surface area contributed by atoms with Crippen LogP contribution in [0.5, 0.6) is 0 Å². The minimum absolute atomic E-state index is 0.223. The summed E-state index contributed by atoms with van der Waals surface area (Å²) in [6, 6.07) is 5.36. The second-order valence-electron chi connectivity index (χ2n) is 5.10. The monoisotopic (exact) mass is 255 g/mol. The summed E-state index contributed by atoms with van der Waals surface area (Å²) < 4.78 is 13.1. The Morgan fingerprint density at radius 1 is 1.29 bits per heavy atom. The molecule has 1 aromatic carbocycles. The zero-order valence-corrected chi connectivity index (χ0v) is 10.7. The van der Waals surface area contributed by atoms with Crippen LogP contribution in [0, 0.1) is 11.7 Å². The minimum atomic E-state index is -0.340. The van der Waals surface area contributed by atoms with E-state index in [2.05, 4.69) is 0 Å². The molecule has 3 heteroatoms. The van der Waals surface area contributed by atoms with Crippen LogP contribution >= 0.6 is 11.6 Å². The Kier molecular flexibility index (Phi) is 4.41. The van der Waals surface area contributed by atoms with Crippen molar-refractivity contribution < 1.29 is 4.39 Å². The van der Waals surface area contributed by atoms with Gasteiger partial charge in [-0.3, -0.25) is 0 Å². The topological polar surface area (TPSA) is 26.0 Å². The molecule has 0 radical (unpaired) electrons. The number of halogens is 2. The molecule has 2 atom stereocenters. The van der Waals surface area contributed by atoms with Gasteiger partial charge in [-0.05, 0) is 42.9 Å². The standard InChI is InChI=1S/C14H19ClFN/c15-13-9-11(5-6-14(13)16)7-10-3-1-2-4-12(17)8-10/h5-6,9-10,12H,1-4,7-8,17H2. The highest BCUT2D eigenvalue weighted by molar-refractivity contribution is 6.30. The number of rotatable bonds is 2. The van der Waals surface area contributed by atoms with Crippen LogP contribution in [0.2, 0.25) is 5.02 Å². The van der Waals surface area contributed by atoms with Crippen LogP contribution in [0.4, 0.5) is 4.39 Å². The van der Waals surface area contributed by atoms with Gasteiger partial charge in [0.25, 0.3) is 0 Å². The van der Waals surface area contributed by atoms with E-state index in [9.17, 15) is 4.39 Å². The van der Waals surface area contributed by atoms with Crippen molar-refractivity contribution in [1.82, 2.24) is 0 Å². The first kappa shape index (κ1) is 12.8. The van der Waals surface area contributed by atoms with Crippen LogP contribution in [-0.4, -0.2) is 6.04 Å². The van der Waals surface area contributed by atoms with E-state index in [1.54, 1.807) is 6.07 Å². The average Bonchev–Trinajstić information content (AvgIpc) is 2.48. The van der Waals surface area contributed by atoms with E-state index in [0.29, 0.717) is 12.0 Å². The number of hydrogen-bond acceptors (Lipinski definition) is 1. The van der Waals surface area contributed by atoms with Crippen molar-refractivity contribution >= 4 is 11.6 Å². The van der Waals surface area contributed by atoms with E-state index in [0.717, 1.165) is 24.8 Å². The predicted molar refractivity (Wildman–Crippen MR) is 69.7 cm³/mol. The van der Waals surface area contributed by atoms with Crippen LogP contribution in [-0.2, 0) is 6.42 Å². The lowest BCUT2D eigenvalue weighted by atomic mass is 9.91. The summed E-state index contributed by atoms with van der Waals surface area (Å²) in [5.74, 6) is 0.280. The molecular formula is C14H19ClFN. The maximum atomic E-state index is 13.1. The third-order valence-electron chi connectivity index (χ3n) is 3.58. The predicted octanol–water partition coefficient (Wildman–Crippen LogP) is 3.93. The van der Waals surface area contributed by atoms with Gasteiger partial charge in [-0.25, -0.2) is 4.39 Å². The van der Waals surface area contributed by atoms with Crippen LogP contribution in [0.15, 0.2) is 18.2 Å². The van der Waals surface area contributed by atoms with Gasteiger partial charge in [0.05, 0.1) is 5.02 Å². The molecule has 1 fully saturated rings. The second kappa shape index (κ2) is 5.83. The van der Waals surface area contributed by atoms with E-state index in [1.807, 2.05) is 6.07 Å². The van der Waals surface area contributed by atoms with Crippen molar-refractivity contribution in [3.05, 3.63) is 34.6 Å². The molecule has 94 valence electrons. The van der Waals surface area contributed by atoms with Crippen molar-refractivity contribution in [3.63, 3.8) is 0 Å². The maximum Gasteiger partial charge on any atom is 0.141 e. The Morgan fingerprint density at radius 3 is 2.82 bits per heavy atom. The van der Waals surface area contributed by atoms with Gasteiger partial charge in [0.1, 0.15) is 5.82 Å². The summed E-state index contributed by atoms with van der Waals surface area (Å²) in [6.45, 7) is 0. The van der Waals surface area contributed by atoms with E-state index in [-0.39, 0.29) is 10.8 Å². The molecular weight excluding hydrogens is 237 g/mol. The lowest BCUT2D eigenvalue weighted by molar-refractivity contribution is 0.430. The van der Waals surface area contributed by atoms with Crippen molar-refractivity contribution in [2.45, 2.75) is 44.6 Å². The Hall–Kier alpha value is -0.600. The molecule has 1 aliphatic rings. The minimum Gasteiger partial charge on any atom is -0.328 e. The molecule has 0 spiro atoms. The molecule has 2 rings (SSSR count). The van der Waals surface area contributed by atoms with Crippen LogP contribution in [0.3, 0.4) is 0 Å². The van der Waals surface area contributed by atoms with E-state index >= 15 is 0 Å². The van der Waals surface area contributed by atoms with Crippen molar-refractivity contribution in [2.75, 3.05) is 0 Å². The first-order valence-corrected chi connectivity index (χ1v) is 6.72. The molecule has 1 nitrogen and oxygen atoms in total. The zero-order chi connectivity index (χ0) is 12.3. The molecule has 2 N–H and O–H groups in total. The molecule has 1 saturated carbocycles. The summed E-state index contributed by atoms with van der Waals surface area (Å²) in [6.07, 6.45) is 6.90. The van der Waals surface area contributed by atoms with Crippen molar-refractivity contribution in [3.8, 4) is 0 Å². The van der Waals surface area contributed by atoms with Crippen LogP contribution < -0.4 is 5.73 Å². The summed E-state index contributed by atoms with van der Waals surface area (Å²) in [5.41, 5.74) is 7.17. The van der Waals surface area contributed by atoms with Crippen molar-refractivity contribution in [2.24, 2.45) is 11.7 Å². The van der Waals surface area contributed by atoms with Gasteiger partial charge in [-0.1, -0.05) is 36.9 Å². The highest BCUT2D eigenvalue weighted by Gasteiger charge is 2.18. The number of hydrogen-bond donors (Lipinski definition) is 1. The first-order valence-electron chi connectivity index (χ1n) is 6.34. The van der Waals surface area contributed by atoms with E-state index in [4.69, 9.17) is 17.3 Å². The molecule has 0 amide bonds. The average molecular weight is 256 g/mol. The largest absolute Gasteiger partial charge is 0.328 e. The van der Waals surface area contributed by atoms with Crippen LogP contribution in [0.1, 0.15) is 37.7 Å². The fourth-order valence-electron chi connectivity index (χ4n) is 2.69. The number of nitrogens with two attached hydrogens (primary N) is 1. The Labute approximate surface area is 107 Å². The Bertz CT molecular complexity index is 380. The quantitative estimate of drug-likeness (QED) is 0.797. The lowest BCUT2D eigenvalue weighted by Gasteiger charge is -2.17. The van der Waals surface area contributed by atoms with Gasteiger partial charge in [0.2, 0.25) is 0 Å². The maximum absolute atomic E-state index is 13.1. The highest BCUT2D eigenvalue weighted by atomic mass is 35.5. The van der Waals surface area contributed by atoms with Gasteiger partial charge < -0.3 is 5.73 Å². The smallest absolute Gasteiger partial charge is 0.141 e. The van der Waals surface area contributed by atoms with Gasteiger partial charge >= 0.3 is 0 Å². The molecule has 0 saturated heterocycles. The fourth-order valence-corrected chi connectivity index (χ4v) is 2.89. The SMILES string of the molecule is NC1CCCCC(Cc2ccc(F)c(Cl)c2)C1. The number of benzene rings is 1. The second-order valence-corrected chi connectivity index (χ2v) is 5.51. The molecule has 0 bridgehead atoms. The Balaban J connectivity index is 2.01. The fraction of sp³-hybridized carbons (Fsp3) is 0.571. The molecule has 0 aliphatic heterocycles. The first-order chi connectivity index (χ1) is 8.15. The van der Waals surface area contributed by atoms with E-state index in [1.165, 1.54) is 25.3 Å². The van der Waals surface area contributed by atoms with Gasteiger partial charge in [0.15, 0.2) is 0 Å². The normalized spacial score (nSPS) is 25.6. The highest BCUT2D eigenvalue weighted by Crippen LogP contribution is 2.27. The third kappa shape index (κ3) is 3.68. The molecule has 0 heterocycles. The molecule has 2 unspecified atom stereocenters. The summed E-state index contributed by atoms with van der Waals surface area (Å²) in [4.78, 5) is 0. The Morgan fingerprint density at radius 2 is 2.06 bits per heavy atom. The van der Waals surface area contributed by atoms with E-state index < -0.39 is 0 Å². The molecule has 1 aromatic rings. The van der Waals surface area contributed by atoms with Gasteiger partial charge in [-0.2, -0.15) is 0 Å². The summed E-state index contributed by atoms with van der Waals surface area (Å²) in [7, 11) is 0. The zero-order valence-electron chi connectivity index (χ0n) is 9.96. The van der Waals surface area contributed by atoms with Gasteiger partial charge in [-0.15, -0.1) is 0 Å². The summed E-state index contributed by atoms with van der Waals surface area (Å²) in [5, 5.41) is 0.223. The van der Waals surface area contributed by atoms with Crippen molar-refractivity contribution in [1.29, 1.82) is 0 Å². The summed E-state index contributed by atoms with van der Waals surface area (Å²) >= 11 is 5.79. The molecule has 17 heavy (non-hydrogen) atoms. The molecule has 1 aliphatic carbocycles. The molecule has 0 aromatic heterocycles.